The van der Waals surface area contributed by atoms with Crippen LogP contribution in [0.3, 0.4) is 0 Å². The molecule has 5 nitrogen and oxygen atoms in total. The third-order valence-corrected chi connectivity index (χ3v) is 4.26. The van der Waals surface area contributed by atoms with Crippen LogP contribution in [0.5, 0.6) is 0 Å². The maximum atomic E-state index is 11.8. The number of thiazole rings is 1. The van der Waals surface area contributed by atoms with Gasteiger partial charge in [0.2, 0.25) is 5.91 Å². The van der Waals surface area contributed by atoms with Crippen LogP contribution in [0.15, 0.2) is 5.38 Å². The zero-order chi connectivity index (χ0) is 13.7. The molecule has 0 bridgehead atoms. The fraction of sp³-hybridized carbons (Fsp3) is 0.615. The minimum absolute atomic E-state index is 0.0407. The van der Waals surface area contributed by atoms with E-state index in [9.17, 15) is 9.59 Å². The molecule has 1 heterocycles. The second-order valence-electron chi connectivity index (χ2n) is 4.92. The first-order valence-electron chi connectivity index (χ1n) is 6.59. The van der Waals surface area contributed by atoms with Crippen molar-refractivity contribution in [3.8, 4) is 0 Å². The van der Waals surface area contributed by atoms with Gasteiger partial charge in [-0.25, -0.2) is 9.78 Å². The van der Waals surface area contributed by atoms with Gasteiger partial charge < -0.3 is 10.4 Å². The summed E-state index contributed by atoms with van der Waals surface area (Å²) in [4.78, 5) is 26.4. The average molecular weight is 282 g/mol. The largest absolute Gasteiger partial charge is 0.476 e. The smallest absolute Gasteiger partial charge is 0.355 e. The Balaban J connectivity index is 1.74. The molecule has 1 aliphatic rings. The van der Waals surface area contributed by atoms with Gasteiger partial charge in [-0.1, -0.05) is 19.3 Å². The van der Waals surface area contributed by atoms with E-state index in [4.69, 9.17) is 5.11 Å². The van der Waals surface area contributed by atoms with E-state index in [1.807, 2.05) is 0 Å². The summed E-state index contributed by atoms with van der Waals surface area (Å²) in [6.45, 7) is 0.323. The molecule has 1 fully saturated rings. The Kier molecular flexibility index (Phi) is 4.90. The van der Waals surface area contributed by atoms with Gasteiger partial charge in [-0.15, -0.1) is 11.3 Å². The number of aromatic carboxylic acids is 1. The first kappa shape index (κ1) is 14.0. The highest BCUT2D eigenvalue weighted by molar-refractivity contribution is 7.09. The van der Waals surface area contributed by atoms with Crippen molar-refractivity contribution in [2.24, 2.45) is 5.92 Å². The van der Waals surface area contributed by atoms with Crippen molar-refractivity contribution in [2.75, 3.05) is 0 Å². The van der Waals surface area contributed by atoms with Crippen LogP contribution in [0.1, 0.15) is 54.0 Å². The lowest BCUT2D eigenvalue weighted by Crippen LogP contribution is -2.25. The molecule has 0 saturated heterocycles. The summed E-state index contributed by atoms with van der Waals surface area (Å²) in [5.41, 5.74) is 0.0431. The van der Waals surface area contributed by atoms with Gasteiger partial charge in [-0.2, -0.15) is 0 Å². The molecule has 0 unspecified atom stereocenters. The van der Waals surface area contributed by atoms with Crippen LogP contribution in [0.4, 0.5) is 0 Å². The summed E-state index contributed by atoms with van der Waals surface area (Å²) >= 11 is 1.26. The molecule has 1 aromatic heterocycles. The molecule has 6 heteroatoms. The number of nitrogens with zero attached hydrogens (tertiary/aromatic N) is 1. The van der Waals surface area contributed by atoms with Crippen molar-refractivity contribution in [2.45, 2.75) is 45.1 Å². The lowest BCUT2D eigenvalue weighted by Gasteiger charge is -2.20. The van der Waals surface area contributed by atoms with Crippen molar-refractivity contribution >= 4 is 23.2 Å². The highest BCUT2D eigenvalue weighted by atomic mass is 32.1. The van der Waals surface area contributed by atoms with Gasteiger partial charge in [0.05, 0.1) is 6.54 Å². The number of carboxylic acid groups (broad SMARTS) is 1. The van der Waals surface area contributed by atoms with Gasteiger partial charge in [-0.05, 0) is 18.8 Å². The number of carbonyl (C=O) groups is 2. The van der Waals surface area contributed by atoms with Crippen LogP contribution >= 0.6 is 11.3 Å². The van der Waals surface area contributed by atoms with Gasteiger partial charge in [-0.3, -0.25) is 4.79 Å². The van der Waals surface area contributed by atoms with Gasteiger partial charge >= 0.3 is 5.97 Å². The maximum absolute atomic E-state index is 11.8. The Morgan fingerprint density at radius 3 is 2.74 bits per heavy atom. The Hall–Kier alpha value is -1.43. The fourth-order valence-electron chi connectivity index (χ4n) is 2.39. The molecule has 1 aromatic rings. The van der Waals surface area contributed by atoms with Crippen LogP contribution in [0.25, 0.3) is 0 Å². The lowest BCUT2D eigenvalue weighted by molar-refractivity contribution is -0.122. The Labute approximate surface area is 116 Å². The molecule has 0 atom stereocenters. The molecular formula is C13H18N2O3S. The van der Waals surface area contributed by atoms with Gasteiger partial charge in [0, 0.05) is 11.8 Å². The van der Waals surface area contributed by atoms with Gasteiger partial charge in [0.25, 0.3) is 0 Å². The van der Waals surface area contributed by atoms with Crippen molar-refractivity contribution in [3.05, 3.63) is 16.1 Å². The predicted octanol–water partition coefficient (Wildman–Crippen LogP) is 2.43. The molecule has 2 rings (SSSR count). The van der Waals surface area contributed by atoms with E-state index in [0.29, 0.717) is 23.9 Å². The van der Waals surface area contributed by atoms with Gasteiger partial charge in [0.15, 0.2) is 5.69 Å². The second kappa shape index (κ2) is 6.65. The highest BCUT2D eigenvalue weighted by Gasteiger charge is 2.17. The van der Waals surface area contributed by atoms with E-state index < -0.39 is 5.97 Å². The number of aromatic nitrogens is 1. The van der Waals surface area contributed by atoms with Crippen LogP contribution in [-0.2, 0) is 11.3 Å². The molecule has 0 aromatic carbocycles. The third-order valence-electron chi connectivity index (χ3n) is 3.41. The molecule has 1 aliphatic carbocycles. The topological polar surface area (TPSA) is 79.3 Å². The number of carboxylic acids is 1. The van der Waals surface area contributed by atoms with Crippen LogP contribution in [-0.4, -0.2) is 22.0 Å². The number of hydrogen-bond acceptors (Lipinski definition) is 4. The summed E-state index contributed by atoms with van der Waals surface area (Å²) in [7, 11) is 0. The SMILES string of the molecule is O=C(CC1CCCCC1)NCc1nc(C(=O)O)cs1. The molecule has 0 radical (unpaired) electrons. The number of nitrogens with one attached hydrogen (secondary N) is 1. The predicted molar refractivity (Wildman–Crippen MR) is 72.1 cm³/mol. The zero-order valence-corrected chi connectivity index (χ0v) is 11.5. The van der Waals surface area contributed by atoms with Crippen LogP contribution in [0.2, 0.25) is 0 Å². The Morgan fingerprint density at radius 1 is 1.37 bits per heavy atom. The minimum Gasteiger partial charge on any atom is -0.476 e. The number of rotatable bonds is 5. The minimum atomic E-state index is -1.03. The van der Waals surface area contributed by atoms with E-state index in [0.717, 1.165) is 12.8 Å². The normalized spacial score (nSPS) is 16.2. The van der Waals surface area contributed by atoms with Gasteiger partial charge in [0.1, 0.15) is 5.01 Å². The summed E-state index contributed by atoms with van der Waals surface area (Å²) in [5.74, 6) is -0.477. The lowest BCUT2D eigenvalue weighted by atomic mass is 9.87. The second-order valence-corrected chi connectivity index (χ2v) is 5.86. The van der Waals surface area contributed by atoms with E-state index in [1.54, 1.807) is 0 Å². The Morgan fingerprint density at radius 2 is 2.11 bits per heavy atom. The molecule has 2 N–H and O–H groups in total. The number of hydrogen-bond donors (Lipinski definition) is 2. The van der Waals surface area contributed by atoms with Crippen LogP contribution in [0, 0.1) is 5.92 Å². The van der Waals surface area contributed by atoms with Crippen molar-refractivity contribution < 1.29 is 14.7 Å². The average Bonchev–Trinajstić information content (AvgIpc) is 2.86. The van der Waals surface area contributed by atoms with Crippen molar-refractivity contribution in [1.29, 1.82) is 0 Å². The van der Waals surface area contributed by atoms with E-state index in [2.05, 4.69) is 10.3 Å². The van der Waals surface area contributed by atoms with E-state index in [-0.39, 0.29) is 11.6 Å². The molecular weight excluding hydrogens is 264 g/mol. The van der Waals surface area contributed by atoms with E-state index in [1.165, 1.54) is 36.0 Å². The molecule has 19 heavy (non-hydrogen) atoms. The number of amides is 1. The third kappa shape index (κ3) is 4.31. The van der Waals surface area contributed by atoms with E-state index >= 15 is 0 Å². The molecule has 0 aliphatic heterocycles. The standard InChI is InChI=1S/C13H18N2O3S/c16-11(6-9-4-2-1-3-5-9)14-7-12-15-10(8-19-12)13(17)18/h8-9H,1-7H2,(H,14,16)(H,17,18). The van der Waals surface area contributed by atoms with Crippen molar-refractivity contribution in [1.82, 2.24) is 10.3 Å². The quantitative estimate of drug-likeness (QED) is 0.869. The highest BCUT2D eigenvalue weighted by Crippen LogP contribution is 2.26. The molecule has 1 amide bonds. The summed E-state index contributed by atoms with van der Waals surface area (Å²) in [5, 5.41) is 13.7. The first-order valence-corrected chi connectivity index (χ1v) is 7.47. The summed E-state index contributed by atoms with van der Waals surface area (Å²) < 4.78 is 0. The van der Waals surface area contributed by atoms with Crippen LogP contribution < -0.4 is 5.32 Å². The fourth-order valence-corrected chi connectivity index (χ4v) is 3.10. The molecule has 0 spiro atoms. The molecule has 1 saturated carbocycles. The monoisotopic (exact) mass is 282 g/mol. The number of carbonyl (C=O) groups excluding carboxylic acids is 1. The summed E-state index contributed by atoms with van der Waals surface area (Å²) in [6.07, 6.45) is 6.62. The van der Waals surface area contributed by atoms with Crippen molar-refractivity contribution in [3.63, 3.8) is 0 Å². The maximum Gasteiger partial charge on any atom is 0.355 e. The summed E-state index contributed by atoms with van der Waals surface area (Å²) in [6, 6.07) is 0. The zero-order valence-electron chi connectivity index (χ0n) is 10.7. The molecule has 104 valence electrons. The first-order chi connectivity index (χ1) is 9.15. The Bertz CT molecular complexity index is 452.